The van der Waals surface area contributed by atoms with Crippen molar-refractivity contribution in [2.75, 3.05) is 20.2 Å². The average Bonchev–Trinajstić information content (AvgIpc) is 2.46. The molecular formula is C14H23NO3. The van der Waals surface area contributed by atoms with Gasteiger partial charge in [0.2, 0.25) is 5.91 Å². The van der Waals surface area contributed by atoms with E-state index < -0.39 is 0 Å². The highest BCUT2D eigenvalue weighted by atomic mass is 16.5. The van der Waals surface area contributed by atoms with Gasteiger partial charge in [-0.1, -0.05) is 19.3 Å². The van der Waals surface area contributed by atoms with Crippen molar-refractivity contribution in [1.82, 2.24) is 4.90 Å². The Morgan fingerprint density at radius 3 is 2.33 bits per heavy atom. The summed E-state index contributed by atoms with van der Waals surface area (Å²) < 4.78 is 4.79. The monoisotopic (exact) mass is 253 g/mol. The first-order valence-corrected chi connectivity index (χ1v) is 7.09. The Balaban J connectivity index is 1.91. The van der Waals surface area contributed by atoms with Crippen LogP contribution in [0.5, 0.6) is 0 Å². The minimum absolute atomic E-state index is 0.115. The summed E-state index contributed by atoms with van der Waals surface area (Å²) in [4.78, 5) is 25.8. The predicted octanol–water partition coefficient (Wildman–Crippen LogP) is 1.98. The molecule has 18 heavy (non-hydrogen) atoms. The number of carbonyl (C=O) groups is 2. The number of hydrogen-bond donors (Lipinski definition) is 0. The Morgan fingerprint density at radius 2 is 1.67 bits per heavy atom. The quantitative estimate of drug-likeness (QED) is 0.707. The fourth-order valence-electron chi connectivity index (χ4n) is 3.14. The van der Waals surface area contributed by atoms with E-state index in [-0.39, 0.29) is 23.7 Å². The summed E-state index contributed by atoms with van der Waals surface area (Å²) in [6.45, 7) is 1.37. The Kier molecular flexibility index (Phi) is 4.61. The molecule has 1 saturated heterocycles. The summed E-state index contributed by atoms with van der Waals surface area (Å²) in [5, 5.41) is 0. The van der Waals surface area contributed by atoms with Gasteiger partial charge >= 0.3 is 5.97 Å². The van der Waals surface area contributed by atoms with Crippen LogP contribution >= 0.6 is 0 Å². The number of rotatable bonds is 2. The summed E-state index contributed by atoms with van der Waals surface area (Å²) in [6, 6.07) is 0. The third-order valence-electron chi connectivity index (χ3n) is 4.22. The van der Waals surface area contributed by atoms with E-state index in [2.05, 4.69) is 0 Å². The SMILES string of the molecule is COC(=O)C1CCCN(C(=O)C2CCCCC2)C1. The largest absolute Gasteiger partial charge is 0.469 e. The third kappa shape index (κ3) is 3.03. The average molecular weight is 253 g/mol. The van der Waals surface area contributed by atoms with Gasteiger partial charge in [-0.25, -0.2) is 0 Å². The normalized spacial score (nSPS) is 25.8. The lowest BCUT2D eigenvalue weighted by Gasteiger charge is -2.34. The smallest absolute Gasteiger partial charge is 0.310 e. The maximum Gasteiger partial charge on any atom is 0.310 e. The van der Waals surface area contributed by atoms with Gasteiger partial charge < -0.3 is 9.64 Å². The second kappa shape index (κ2) is 6.21. The molecule has 2 rings (SSSR count). The van der Waals surface area contributed by atoms with Crippen LogP contribution in [-0.2, 0) is 14.3 Å². The number of piperidine rings is 1. The Morgan fingerprint density at radius 1 is 1.00 bits per heavy atom. The van der Waals surface area contributed by atoms with Crippen LogP contribution in [0.3, 0.4) is 0 Å². The van der Waals surface area contributed by atoms with Crippen molar-refractivity contribution >= 4 is 11.9 Å². The molecule has 0 aromatic heterocycles. The first-order valence-electron chi connectivity index (χ1n) is 7.09. The van der Waals surface area contributed by atoms with E-state index in [4.69, 9.17) is 4.74 Å². The van der Waals surface area contributed by atoms with Crippen LogP contribution in [0.4, 0.5) is 0 Å². The van der Waals surface area contributed by atoms with Gasteiger partial charge in [-0.05, 0) is 25.7 Å². The molecule has 1 atom stereocenters. The lowest BCUT2D eigenvalue weighted by Crippen LogP contribution is -2.45. The molecular weight excluding hydrogens is 230 g/mol. The zero-order chi connectivity index (χ0) is 13.0. The molecule has 102 valence electrons. The van der Waals surface area contributed by atoms with Gasteiger partial charge in [-0.3, -0.25) is 9.59 Å². The van der Waals surface area contributed by atoms with E-state index >= 15 is 0 Å². The van der Waals surface area contributed by atoms with Crippen molar-refractivity contribution in [2.45, 2.75) is 44.9 Å². The molecule has 0 aromatic carbocycles. The summed E-state index contributed by atoms with van der Waals surface area (Å²) >= 11 is 0. The van der Waals surface area contributed by atoms with Crippen molar-refractivity contribution in [3.63, 3.8) is 0 Å². The molecule has 0 radical (unpaired) electrons. The van der Waals surface area contributed by atoms with Crippen molar-refractivity contribution in [1.29, 1.82) is 0 Å². The molecule has 1 aliphatic heterocycles. The molecule has 0 aromatic rings. The topological polar surface area (TPSA) is 46.6 Å². The van der Waals surface area contributed by atoms with Crippen LogP contribution in [0.25, 0.3) is 0 Å². The number of hydrogen-bond acceptors (Lipinski definition) is 3. The van der Waals surface area contributed by atoms with Crippen molar-refractivity contribution in [3.8, 4) is 0 Å². The molecule has 2 aliphatic rings. The van der Waals surface area contributed by atoms with Crippen molar-refractivity contribution < 1.29 is 14.3 Å². The summed E-state index contributed by atoms with van der Waals surface area (Å²) in [5.74, 6) is 0.186. The molecule has 1 amide bonds. The maximum absolute atomic E-state index is 12.4. The molecule has 4 heteroatoms. The maximum atomic E-state index is 12.4. The second-order valence-electron chi connectivity index (χ2n) is 5.48. The fraction of sp³-hybridized carbons (Fsp3) is 0.857. The van der Waals surface area contributed by atoms with Crippen LogP contribution in [0.1, 0.15) is 44.9 Å². The standard InChI is InChI=1S/C14H23NO3/c1-18-14(17)12-8-5-9-15(10-12)13(16)11-6-3-2-4-7-11/h11-12H,2-10H2,1H3. The van der Waals surface area contributed by atoms with E-state index in [0.717, 1.165) is 32.2 Å². The molecule has 0 bridgehead atoms. The van der Waals surface area contributed by atoms with Crippen LogP contribution in [-0.4, -0.2) is 37.0 Å². The zero-order valence-electron chi connectivity index (χ0n) is 11.2. The van der Waals surface area contributed by atoms with Crippen molar-refractivity contribution in [2.24, 2.45) is 11.8 Å². The number of methoxy groups -OCH3 is 1. The van der Waals surface area contributed by atoms with E-state index in [1.807, 2.05) is 4.90 Å². The van der Waals surface area contributed by atoms with Crippen LogP contribution in [0.2, 0.25) is 0 Å². The minimum Gasteiger partial charge on any atom is -0.469 e. The third-order valence-corrected chi connectivity index (χ3v) is 4.22. The van der Waals surface area contributed by atoms with E-state index in [1.54, 1.807) is 0 Å². The van der Waals surface area contributed by atoms with Gasteiger partial charge in [-0.2, -0.15) is 0 Å². The first-order chi connectivity index (χ1) is 8.72. The molecule has 1 unspecified atom stereocenters. The van der Waals surface area contributed by atoms with Crippen LogP contribution in [0, 0.1) is 11.8 Å². The van der Waals surface area contributed by atoms with E-state index in [0.29, 0.717) is 6.54 Å². The highest BCUT2D eigenvalue weighted by Crippen LogP contribution is 2.27. The number of esters is 1. The van der Waals surface area contributed by atoms with Gasteiger partial charge in [0.1, 0.15) is 0 Å². The number of likely N-dealkylation sites (tertiary alicyclic amines) is 1. The molecule has 0 spiro atoms. The van der Waals surface area contributed by atoms with Gasteiger partial charge in [-0.15, -0.1) is 0 Å². The van der Waals surface area contributed by atoms with Crippen LogP contribution < -0.4 is 0 Å². The first kappa shape index (κ1) is 13.4. The predicted molar refractivity (Wildman–Crippen MR) is 67.9 cm³/mol. The zero-order valence-corrected chi connectivity index (χ0v) is 11.2. The van der Waals surface area contributed by atoms with Crippen molar-refractivity contribution in [3.05, 3.63) is 0 Å². The lowest BCUT2D eigenvalue weighted by molar-refractivity contribution is -0.150. The molecule has 1 heterocycles. The number of ether oxygens (including phenoxy) is 1. The molecule has 4 nitrogen and oxygen atoms in total. The van der Waals surface area contributed by atoms with E-state index in [1.165, 1.54) is 26.4 Å². The molecule has 1 aliphatic carbocycles. The van der Waals surface area contributed by atoms with Gasteiger partial charge in [0.25, 0.3) is 0 Å². The number of carbonyl (C=O) groups excluding carboxylic acids is 2. The Hall–Kier alpha value is -1.06. The van der Waals surface area contributed by atoms with Gasteiger partial charge in [0, 0.05) is 19.0 Å². The fourth-order valence-corrected chi connectivity index (χ4v) is 3.14. The molecule has 1 saturated carbocycles. The van der Waals surface area contributed by atoms with E-state index in [9.17, 15) is 9.59 Å². The summed E-state index contributed by atoms with van der Waals surface area (Å²) in [6.07, 6.45) is 7.42. The van der Waals surface area contributed by atoms with Crippen LogP contribution in [0.15, 0.2) is 0 Å². The Labute approximate surface area is 109 Å². The molecule has 2 fully saturated rings. The van der Waals surface area contributed by atoms with Gasteiger partial charge in [0.15, 0.2) is 0 Å². The Bertz CT molecular complexity index is 310. The highest BCUT2D eigenvalue weighted by Gasteiger charge is 2.32. The minimum atomic E-state index is -0.170. The summed E-state index contributed by atoms with van der Waals surface area (Å²) in [5.41, 5.74) is 0. The van der Waals surface area contributed by atoms with Gasteiger partial charge in [0.05, 0.1) is 13.0 Å². The highest BCUT2D eigenvalue weighted by molar-refractivity contribution is 5.80. The lowest BCUT2D eigenvalue weighted by atomic mass is 9.87. The number of nitrogens with zero attached hydrogens (tertiary/aromatic N) is 1. The molecule has 0 N–H and O–H groups in total. The number of amides is 1. The second-order valence-corrected chi connectivity index (χ2v) is 5.48. The summed E-state index contributed by atoms with van der Waals surface area (Å²) in [7, 11) is 1.42.